The summed E-state index contributed by atoms with van der Waals surface area (Å²) in [6.07, 6.45) is 3.52. The van der Waals surface area contributed by atoms with Crippen LogP contribution in [-0.4, -0.2) is 24.4 Å². The van der Waals surface area contributed by atoms with E-state index in [1.165, 1.54) is 0 Å². The van der Waals surface area contributed by atoms with Gasteiger partial charge in [-0.05, 0) is 30.5 Å². The molecule has 0 aliphatic heterocycles. The monoisotopic (exact) mass is 414 g/mol. The van der Waals surface area contributed by atoms with Gasteiger partial charge in [-0.1, -0.05) is 54.6 Å². The van der Waals surface area contributed by atoms with Gasteiger partial charge in [-0.25, -0.2) is 4.79 Å². The number of hydrogen-bond acceptors (Lipinski definition) is 4. The van der Waals surface area contributed by atoms with E-state index in [2.05, 4.69) is 11.2 Å². The molecule has 31 heavy (non-hydrogen) atoms. The summed E-state index contributed by atoms with van der Waals surface area (Å²) < 4.78 is 6.91. The van der Waals surface area contributed by atoms with Crippen LogP contribution in [0.4, 0.5) is 5.69 Å². The van der Waals surface area contributed by atoms with Crippen molar-refractivity contribution in [3.63, 3.8) is 0 Å². The minimum absolute atomic E-state index is 0.0161. The highest BCUT2D eigenvalue weighted by Crippen LogP contribution is 2.33. The molecule has 0 saturated heterocycles. The zero-order valence-corrected chi connectivity index (χ0v) is 17.2. The fraction of sp³-hybridized carbons (Fsp3) is 0.160. The number of carbonyl (C=O) groups is 2. The third kappa shape index (κ3) is 5.32. The Kier molecular flexibility index (Phi) is 7.46. The Balaban J connectivity index is 2.14. The number of ether oxygens (including phenoxy) is 1. The number of para-hydroxylation sites is 1. The number of hydrogen-bond donors (Lipinski definition) is 2. The highest BCUT2D eigenvalue weighted by Gasteiger charge is 2.42. The molecule has 0 saturated carbocycles. The van der Waals surface area contributed by atoms with Crippen LogP contribution in [0.1, 0.15) is 24.4 Å². The smallest absolute Gasteiger partial charge is 0.344 e. The first-order chi connectivity index (χ1) is 15.2. The average Bonchev–Trinajstić information content (AvgIpc) is 2.81. The number of anilines is 1. The van der Waals surface area contributed by atoms with E-state index in [9.17, 15) is 9.59 Å². The summed E-state index contributed by atoms with van der Waals surface area (Å²) in [6, 6.07) is 22.9. The van der Waals surface area contributed by atoms with Gasteiger partial charge in [0.1, 0.15) is 5.57 Å². The van der Waals surface area contributed by atoms with Gasteiger partial charge < -0.3 is 10.1 Å². The van der Waals surface area contributed by atoms with Crippen LogP contribution in [-0.2, 0) is 14.3 Å². The molecule has 1 amide bonds. The number of benzene rings is 2. The average molecular weight is 414 g/mol. The van der Waals surface area contributed by atoms with Crippen molar-refractivity contribution < 1.29 is 18.9 Å². The first-order valence-electron chi connectivity index (χ1n) is 9.99. The minimum atomic E-state index is -0.860. The second kappa shape index (κ2) is 10.7. The van der Waals surface area contributed by atoms with E-state index in [0.717, 1.165) is 0 Å². The third-order valence-electron chi connectivity index (χ3n) is 4.79. The fourth-order valence-corrected chi connectivity index (χ4v) is 3.43. The Labute approximate surface area is 181 Å². The molecule has 0 bridgehead atoms. The number of pyridine rings is 1. The van der Waals surface area contributed by atoms with Gasteiger partial charge in [0, 0.05) is 17.8 Å². The van der Waals surface area contributed by atoms with Crippen LogP contribution in [0.25, 0.3) is 0 Å². The summed E-state index contributed by atoms with van der Waals surface area (Å²) >= 11 is 0. The van der Waals surface area contributed by atoms with E-state index in [1.54, 1.807) is 36.0 Å². The number of carbonyl (C=O) groups excluding carboxylic acids is 2. The normalized spacial score (nSPS) is 12.2. The molecule has 3 aromatic rings. The van der Waals surface area contributed by atoms with E-state index in [4.69, 9.17) is 10.1 Å². The summed E-state index contributed by atoms with van der Waals surface area (Å²) in [5, 5.41) is 10.8. The van der Waals surface area contributed by atoms with Gasteiger partial charge in [0.05, 0.1) is 12.5 Å². The fourth-order valence-electron chi connectivity index (χ4n) is 3.43. The molecule has 0 aliphatic carbocycles. The lowest BCUT2D eigenvalue weighted by Gasteiger charge is -2.23. The highest BCUT2D eigenvalue weighted by molar-refractivity contribution is 6.01. The minimum Gasteiger partial charge on any atom is -0.462 e. The lowest BCUT2D eigenvalue weighted by Crippen LogP contribution is -2.49. The van der Waals surface area contributed by atoms with Crippen LogP contribution in [0.15, 0.2) is 96.8 Å². The molecule has 0 radical (unpaired) electrons. The maximum absolute atomic E-state index is 13.5. The molecular formula is C25H24N3O3+. The number of nitrogens with one attached hydrogen (secondary N) is 2. The van der Waals surface area contributed by atoms with E-state index >= 15 is 0 Å². The molecule has 6 nitrogen and oxygen atoms in total. The third-order valence-corrected chi connectivity index (χ3v) is 4.79. The largest absolute Gasteiger partial charge is 0.462 e. The summed E-state index contributed by atoms with van der Waals surface area (Å²) in [5.74, 6) is 0.478. The number of amides is 1. The molecule has 0 spiro atoms. The second-order valence-electron chi connectivity index (χ2n) is 6.77. The van der Waals surface area contributed by atoms with Gasteiger partial charge in [-0.3, -0.25) is 10.2 Å². The Morgan fingerprint density at radius 1 is 0.968 bits per heavy atom. The zero-order valence-electron chi connectivity index (χ0n) is 17.2. The molecule has 2 aromatic carbocycles. The summed E-state index contributed by atoms with van der Waals surface area (Å²) in [4.78, 5) is 26.3. The molecule has 6 heteroatoms. The molecule has 2 unspecified atom stereocenters. The van der Waals surface area contributed by atoms with Crippen molar-refractivity contribution in [2.24, 2.45) is 0 Å². The predicted octanol–water partition coefficient (Wildman–Crippen LogP) is 3.68. The van der Waals surface area contributed by atoms with Crippen molar-refractivity contribution in [3.8, 4) is 0 Å². The maximum Gasteiger partial charge on any atom is 0.344 e. The van der Waals surface area contributed by atoms with Crippen molar-refractivity contribution >= 4 is 23.4 Å². The van der Waals surface area contributed by atoms with Crippen LogP contribution in [0, 0.1) is 5.41 Å². The molecule has 2 atom stereocenters. The molecule has 0 fully saturated rings. The molecule has 1 aromatic heterocycles. The van der Waals surface area contributed by atoms with Crippen LogP contribution in [0.2, 0.25) is 0 Å². The van der Waals surface area contributed by atoms with Crippen molar-refractivity contribution in [1.82, 2.24) is 0 Å². The van der Waals surface area contributed by atoms with Gasteiger partial charge in [0.25, 0.3) is 5.91 Å². The van der Waals surface area contributed by atoms with Crippen LogP contribution >= 0.6 is 0 Å². The van der Waals surface area contributed by atoms with Crippen molar-refractivity contribution in [3.05, 3.63) is 102 Å². The van der Waals surface area contributed by atoms with Crippen LogP contribution in [0.5, 0.6) is 0 Å². The van der Waals surface area contributed by atoms with Crippen LogP contribution < -0.4 is 9.88 Å². The van der Waals surface area contributed by atoms with Gasteiger partial charge >= 0.3 is 5.97 Å². The first-order valence-corrected chi connectivity index (χ1v) is 9.99. The number of rotatable bonds is 8. The molecule has 156 valence electrons. The van der Waals surface area contributed by atoms with E-state index in [-0.39, 0.29) is 18.1 Å². The summed E-state index contributed by atoms with van der Waals surface area (Å²) in [5.41, 5.74) is 1.32. The Hall–Kier alpha value is -4.02. The lowest BCUT2D eigenvalue weighted by molar-refractivity contribution is -0.710. The van der Waals surface area contributed by atoms with E-state index in [1.807, 2.05) is 66.7 Å². The topological polar surface area (TPSA) is 83.1 Å². The number of nitrogens with zero attached hydrogens (tertiary/aromatic N) is 1. The van der Waals surface area contributed by atoms with E-state index < -0.39 is 17.9 Å². The van der Waals surface area contributed by atoms with Crippen molar-refractivity contribution in [2.75, 3.05) is 11.9 Å². The Morgan fingerprint density at radius 3 is 2.13 bits per heavy atom. The van der Waals surface area contributed by atoms with Crippen molar-refractivity contribution in [1.29, 1.82) is 5.41 Å². The van der Waals surface area contributed by atoms with E-state index in [0.29, 0.717) is 11.3 Å². The number of esters is 1. The molecule has 1 heterocycles. The molecule has 2 N–H and O–H groups in total. The second-order valence-corrected chi connectivity index (χ2v) is 6.77. The quantitative estimate of drug-likeness (QED) is 0.255. The lowest BCUT2D eigenvalue weighted by atomic mass is 9.84. The van der Waals surface area contributed by atoms with Gasteiger partial charge in [0.15, 0.2) is 12.4 Å². The first kappa shape index (κ1) is 21.7. The molecule has 0 aliphatic rings. The zero-order chi connectivity index (χ0) is 22.1. The van der Waals surface area contributed by atoms with Gasteiger partial charge in [0.2, 0.25) is 6.04 Å². The summed E-state index contributed by atoms with van der Waals surface area (Å²) in [6.45, 7) is 1.85. The highest BCUT2D eigenvalue weighted by atomic mass is 16.5. The summed E-state index contributed by atoms with van der Waals surface area (Å²) in [7, 11) is 0. The molecular weight excluding hydrogens is 390 g/mol. The molecule has 3 rings (SSSR count). The van der Waals surface area contributed by atoms with Crippen molar-refractivity contribution in [2.45, 2.75) is 18.9 Å². The predicted molar refractivity (Wildman–Crippen MR) is 118 cm³/mol. The Morgan fingerprint density at radius 2 is 1.55 bits per heavy atom. The Bertz CT molecular complexity index is 1060. The van der Waals surface area contributed by atoms with Crippen LogP contribution in [0.3, 0.4) is 0 Å². The maximum atomic E-state index is 13.5. The van der Waals surface area contributed by atoms with Gasteiger partial charge in [-0.15, -0.1) is 0 Å². The number of aromatic nitrogens is 1. The standard InChI is InChI=1S/C25H23N3O3/c1-2-31-25(30)21(18-26)22(19-12-6-3-7-13-19)23(28-16-10-5-11-17-28)24(29)27-20-14-8-4-9-15-20/h3-17,22-23,26H,2H2,1H3/p+1. The SMILES string of the molecule is CCOC(=O)C(=C=N)C(c1ccccc1)C(C(=O)Nc1ccccc1)[n+]1ccccc1. The van der Waals surface area contributed by atoms with Gasteiger partial charge in [-0.2, -0.15) is 4.57 Å².